The van der Waals surface area contributed by atoms with Crippen LogP contribution in [-0.2, 0) is 16.5 Å². The maximum atomic E-state index is 12.1. The van der Waals surface area contributed by atoms with Gasteiger partial charge in [-0.25, -0.2) is 0 Å². The van der Waals surface area contributed by atoms with E-state index in [9.17, 15) is 18.1 Å². The molecule has 0 aliphatic rings. The molecular weight excluding hydrogens is 412 g/mol. The van der Waals surface area contributed by atoms with Crippen LogP contribution < -0.4 is 4.74 Å². The van der Waals surface area contributed by atoms with Gasteiger partial charge in [0.1, 0.15) is 22.1 Å². The van der Waals surface area contributed by atoms with Gasteiger partial charge in [-0.05, 0) is 37.1 Å². The molecule has 0 amide bonds. The minimum atomic E-state index is -4.56. The summed E-state index contributed by atoms with van der Waals surface area (Å²) in [6, 6.07) is 11.6. The molecule has 0 aliphatic heterocycles. The van der Waals surface area contributed by atoms with Gasteiger partial charge in [-0.2, -0.15) is 8.42 Å². The van der Waals surface area contributed by atoms with Crippen LogP contribution in [0.15, 0.2) is 47.4 Å². The predicted molar refractivity (Wildman–Crippen MR) is 125 cm³/mol. The van der Waals surface area contributed by atoms with Crippen molar-refractivity contribution in [3.63, 3.8) is 0 Å². The first-order valence-corrected chi connectivity index (χ1v) is 12.9. The number of aromatic hydroxyl groups is 1. The highest BCUT2D eigenvalue weighted by molar-refractivity contribution is 7.86. The van der Waals surface area contributed by atoms with Crippen LogP contribution in [0.5, 0.6) is 17.2 Å². The molecule has 2 aromatic rings. The van der Waals surface area contributed by atoms with Crippen molar-refractivity contribution in [1.82, 2.24) is 0 Å². The first kappa shape index (κ1) is 25.2. The van der Waals surface area contributed by atoms with Gasteiger partial charge in [0.15, 0.2) is 0 Å². The molecule has 5 nitrogen and oxygen atoms in total. The Balaban J connectivity index is 1.90. The highest BCUT2D eigenvalue weighted by atomic mass is 32.2. The first-order valence-electron chi connectivity index (χ1n) is 11.5. The summed E-state index contributed by atoms with van der Waals surface area (Å²) in [5, 5.41) is 10.3. The average molecular weight is 449 g/mol. The summed E-state index contributed by atoms with van der Waals surface area (Å²) in [6.45, 7) is 2.23. The van der Waals surface area contributed by atoms with Gasteiger partial charge < -0.3 is 9.84 Å². The standard InChI is InChI=1S/C25H36O5S/c1-2-3-4-5-6-7-8-9-10-11-15-18-22-23(26)19-20-24(25(22)31(27,28)29)30-21-16-13-12-14-17-21/h12-14,16-17,19-20,26H,2-11,15,18H2,1H3,(H,27,28,29). The Labute approximate surface area is 187 Å². The molecule has 0 saturated carbocycles. The van der Waals surface area contributed by atoms with Gasteiger partial charge in [0, 0.05) is 5.56 Å². The van der Waals surface area contributed by atoms with E-state index in [1.807, 2.05) is 6.07 Å². The molecule has 0 bridgehead atoms. The molecule has 0 spiro atoms. The fraction of sp³-hybridized carbons (Fsp3) is 0.520. The summed E-state index contributed by atoms with van der Waals surface area (Å²) in [5.41, 5.74) is 0.215. The molecule has 0 aromatic heterocycles. The molecule has 0 saturated heterocycles. The third kappa shape index (κ3) is 8.91. The zero-order chi connectivity index (χ0) is 22.5. The molecule has 0 aliphatic carbocycles. The molecule has 2 N–H and O–H groups in total. The first-order chi connectivity index (χ1) is 14.9. The number of phenols is 1. The molecular formula is C25H36O5S. The lowest BCUT2D eigenvalue weighted by atomic mass is 10.0. The molecule has 0 unspecified atom stereocenters. The van der Waals surface area contributed by atoms with E-state index in [2.05, 4.69) is 6.92 Å². The minimum absolute atomic E-state index is 0.0181. The van der Waals surface area contributed by atoms with Crippen molar-refractivity contribution in [2.75, 3.05) is 0 Å². The van der Waals surface area contributed by atoms with E-state index in [0.29, 0.717) is 12.2 Å². The number of hydrogen-bond acceptors (Lipinski definition) is 4. The van der Waals surface area contributed by atoms with Gasteiger partial charge in [-0.15, -0.1) is 0 Å². The highest BCUT2D eigenvalue weighted by Crippen LogP contribution is 2.37. The maximum Gasteiger partial charge on any atom is 0.298 e. The van der Waals surface area contributed by atoms with Crippen LogP contribution in [0.4, 0.5) is 0 Å². The predicted octanol–water partition coefficient (Wildman–Crippen LogP) is 7.28. The summed E-state index contributed by atoms with van der Waals surface area (Å²) < 4.78 is 39.7. The summed E-state index contributed by atoms with van der Waals surface area (Å²) >= 11 is 0. The maximum absolute atomic E-state index is 12.1. The van der Waals surface area contributed by atoms with Crippen molar-refractivity contribution in [2.24, 2.45) is 0 Å². The van der Waals surface area contributed by atoms with Crippen LogP contribution in [0.25, 0.3) is 0 Å². The monoisotopic (exact) mass is 448 g/mol. The number of hydrogen-bond donors (Lipinski definition) is 2. The summed E-state index contributed by atoms with van der Waals surface area (Å²) in [4.78, 5) is -0.344. The van der Waals surface area contributed by atoms with Crippen molar-refractivity contribution in [2.45, 2.75) is 88.9 Å². The van der Waals surface area contributed by atoms with Crippen LogP contribution >= 0.6 is 0 Å². The largest absolute Gasteiger partial charge is 0.508 e. The number of ether oxygens (including phenoxy) is 1. The van der Waals surface area contributed by atoms with E-state index in [0.717, 1.165) is 19.3 Å². The average Bonchev–Trinajstić information content (AvgIpc) is 2.74. The second-order valence-electron chi connectivity index (χ2n) is 8.07. The van der Waals surface area contributed by atoms with Crippen molar-refractivity contribution in [3.8, 4) is 17.2 Å². The van der Waals surface area contributed by atoms with E-state index < -0.39 is 10.1 Å². The number of unbranched alkanes of at least 4 members (excludes halogenated alkanes) is 10. The number of rotatable bonds is 15. The van der Waals surface area contributed by atoms with E-state index in [-0.39, 0.29) is 22.0 Å². The molecule has 0 radical (unpaired) electrons. The zero-order valence-corrected chi connectivity index (χ0v) is 19.4. The quantitative estimate of drug-likeness (QED) is 0.221. The van der Waals surface area contributed by atoms with Gasteiger partial charge in [-0.1, -0.05) is 89.3 Å². The smallest absolute Gasteiger partial charge is 0.298 e. The number of benzene rings is 2. The van der Waals surface area contributed by atoms with Crippen LogP contribution in [-0.4, -0.2) is 18.1 Å². The number of para-hydroxylation sites is 1. The Morgan fingerprint density at radius 2 is 1.32 bits per heavy atom. The molecule has 2 rings (SSSR count). The fourth-order valence-corrected chi connectivity index (χ4v) is 4.66. The van der Waals surface area contributed by atoms with E-state index in [1.165, 1.54) is 63.5 Å². The zero-order valence-electron chi connectivity index (χ0n) is 18.6. The fourth-order valence-electron chi connectivity index (χ4n) is 3.78. The lowest BCUT2D eigenvalue weighted by molar-refractivity contribution is 0.430. The Morgan fingerprint density at radius 1 is 0.774 bits per heavy atom. The van der Waals surface area contributed by atoms with Crippen LogP contribution in [0, 0.1) is 0 Å². The molecule has 31 heavy (non-hydrogen) atoms. The Hall–Kier alpha value is -2.05. The number of phenolic OH excluding ortho intramolecular Hbond substituents is 1. The molecule has 0 fully saturated rings. The SMILES string of the molecule is CCCCCCCCCCCCCc1c(O)ccc(Oc2ccccc2)c1S(=O)(=O)O. The van der Waals surface area contributed by atoms with E-state index >= 15 is 0 Å². The molecule has 2 aromatic carbocycles. The topological polar surface area (TPSA) is 83.8 Å². The van der Waals surface area contributed by atoms with Crippen LogP contribution in [0.2, 0.25) is 0 Å². The van der Waals surface area contributed by atoms with E-state index in [1.54, 1.807) is 24.3 Å². The highest BCUT2D eigenvalue weighted by Gasteiger charge is 2.24. The van der Waals surface area contributed by atoms with E-state index in [4.69, 9.17) is 4.74 Å². The third-order valence-corrected chi connectivity index (χ3v) is 6.42. The Bertz CT molecular complexity index is 878. The Kier molecular flexibility index (Phi) is 10.9. The molecule has 0 heterocycles. The van der Waals surface area contributed by atoms with Crippen LogP contribution in [0.1, 0.15) is 83.1 Å². The van der Waals surface area contributed by atoms with Crippen molar-refractivity contribution < 1.29 is 22.8 Å². The third-order valence-electron chi connectivity index (χ3n) is 5.46. The van der Waals surface area contributed by atoms with Gasteiger partial charge >= 0.3 is 0 Å². The van der Waals surface area contributed by atoms with Gasteiger partial charge in [-0.3, -0.25) is 4.55 Å². The second-order valence-corrected chi connectivity index (χ2v) is 9.42. The Morgan fingerprint density at radius 3 is 1.87 bits per heavy atom. The lowest BCUT2D eigenvalue weighted by Crippen LogP contribution is -2.06. The summed E-state index contributed by atoms with van der Waals surface area (Å²) in [5.74, 6) is 0.337. The van der Waals surface area contributed by atoms with Gasteiger partial charge in [0.2, 0.25) is 0 Å². The molecule has 0 atom stereocenters. The summed E-state index contributed by atoms with van der Waals surface area (Å²) in [7, 11) is -4.56. The second kappa shape index (κ2) is 13.4. The van der Waals surface area contributed by atoms with Crippen LogP contribution in [0.3, 0.4) is 0 Å². The van der Waals surface area contributed by atoms with Crippen molar-refractivity contribution >= 4 is 10.1 Å². The minimum Gasteiger partial charge on any atom is -0.508 e. The molecule has 172 valence electrons. The lowest BCUT2D eigenvalue weighted by Gasteiger charge is -2.15. The van der Waals surface area contributed by atoms with Crippen molar-refractivity contribution in [1.29, 1.82) is 0 Å². The van der Waals surface area contributed by atoms with Gasteiger partial charge in [0.25, 0.3) is 10.1 Å². The van der Waals surface area contributed by atoms with Crippen molar-refractivity contribution in [3.05, 3.63) is 48.0 Å². The molecule has 6 heteroatoms. The normalized spacial score (nSPS) is 11.5. The summed E-state index contributed by atoms with van der Waals surface area (Å²) in [6.07, 6.45) is 13.4. The van der Waals surface area contributed by atoms with Gasteiger partial charge in [0.05, 0.1) is 0 Å².